The summed E-state index contributed by atoms with van der Waals surface area (Å²) in [5.74, 6) is 0. The molecule has 0 N–H and O–H groups in total. The molecule has 0 atom stereocenters. The molecule has 0 saturated heterocycles. The third kappa shape index (κ3) is 4.06. The maximum atomic E-state index is 2.21. The molecule has 0 nitrogen and oxygen atoms in total. The van der Waals surface area contributed by atoms with Crippen LogP contribution in [-0.4, -0.2) is 0 Å². The number of hydrogen-bond donors (Lipinski definition) is 0. The van der Waals surface area contributed by atoms with E-state index in [1.165, 1.54) is 19.9 Å². The summed E-state index contributed by atoms with van der Waals surface area (Å²) in [4.78, 5) is 0. The van der Waals surface area contributed by atoms with Crippen molar-refractivity contribution in [1.82, 2.24) is 0 Å². The van der Waals surface area contributed by atoms with Crippen molar-refractivity contribution in [3.05, 3.63) is 94.1 Å². The first kappa shape index (κ1) is 14.1. The number of rotatable bonds is 2. The normalized spacial score (nSPS) is 15.8. The predicted octanol–water partition coefficient (Wildman–Crippen LogP) is 5.60. The average Bonchev–Trinajstić information content (AvgIpc) is 3.23. The fourth-order valence-electron chi connectivity index (χ4n) is 2.20. The van der Waals surface area contributed by atoms with Crippen molar-refractivity contribution in [3.63, 3.8) is 0 Å². The van der Waals surface area contributed by atoms with Gasteiger partial charge in [-0.25, -0.2) is 0 Å². The molecule has 0 aromatic heterocycles. The predicted molar refractivity (Wildman–Crippen MR) is 87.6 cm³/mol. The van der Waals surface area contributed by atoms with Crippen LogP contribution in [0.15, 0.2) is 94.1 Å². The molecule has 1 heteroatoms. The van der Waals surface area contributed by atoms with Gasteiger partial charge in [0, 0.05) is 0 Å². The Morgan fingerprint density at radius 2 is 1.05 bits per heavy atom. The Kier molecular flexibility index (Phi) is 4.87. The molecule has 2 aromatic rings. The van der Waals surface area contributed by atoms with Gasteiger partial charge >= 0.3 is 72.8 Å². The minimum absolute atomic E-state index is 1.14. The van der Waals surface area contributed by atoms with Gasteiger partial charge in [-0.1, -0.05) is 48.5 Å². The zero-order chi connectivity index (χ0) is 14.3. The molecule has 2 aromatic carbocycles. The van der Waals surface area contributed by atoms with Gasteiger partial charge < -0.3 is 0 Å². The minimum Gasteiger partial charge on any atom is -0.0616 e. The van der Waals surface area contributed by atoms with Gasteiger partial charge in [-0.15, -0.1) is 0 Å². The second kappa shape index (κ2) is 7.24. The molecule has 21 heavy (non-hydrogen) atoms. The summed E-state index contributed by atoms with van der Waals surface area (Å²) < 4.78 is 2.99. The Morgan fingerprint density at radius 3 is 1.38 bits per heavy atom. The molecule has 2 aliphatic rings. The van der Waals surface area contributed by atoms with Crippen molar-refractivity contribution >= 4 is 10.8 Å². The second-order valence-electron chi connectivity index (χ2n) is 4.84. The van der Waals surface area contributed by atoms with Crippen LogP contribution in [0.25, 0.3) is 10.8 Å². The molecule has 0 heterocycles. The first-order valence-electron chi connectivity index (χ1n) is 7.16. The first-order chi connectivity index (χ1) is 10.4. The summed E-state index contributed by atoms with van der Waals surface area (Å²) in [6.45, 7) is 0. The van der Waals surface area contributed by atoms with Gasteiger partial charge in [-0.3, -0.25) is 0 Å². The summed E-state index contributed by atoms with van der Waals surface area (Å²) in [5, 5.41) is 2.62. The van der Waals surface area contributed by atoms with Crippen molar-refractivity contribution in [2.24, 2.45) is 0 Å². The van der Waals surface area contributed by atoms with Crippen molar-refractivity contribution in [1.29, 1.82) is 0 Å². The molecule has 4 rings (SSSR count). The summed E-state index contributed by atoms with van der Waals surface area (Å²) in [6, 6.07) is 16.7. The van der Waals surface area contributed by atoms with Crippen molar-refractivity contribution in [2.75, 3.05) is 0 Å². The molecule has 0 bridgehead atoms. The number of benzene rings is 2. The van der Waals surface area contributed by atoms with Crippen LogP contribution in [0, 0.1) is 0 Å². The standard InChI is InChI=1S/C10H8.2C5H5.Ni/c1-2-6-10-8-4-3-7-9(10)5-1;2*1-2-4-5-3-1;/h1-8H;2*1-3H,4H2;. The average molecular weight is 317 g/mol. The van der Waals surface area contributed by atoms with Crippen molar-refractivity contribution in [2.45, 2.75) is 12.8 Å². The van der Waals surface area contributed by atoms with Gasteiger partial charge in [0.25, 0.3) is 0 Å². The molecule has 0 unspecified atom stereocenters. The fourth-order valence-corrected chi connectivity index (χ4v) is 3.39. The van der Waals surface area contributed by atoms with Crippen LogP contribution < -0.4 is 0 Å². The van der Waals surface area contributed by atoms with Gasteiger partial charge in [0.1, 0.15) is 0 Å². The third-order valence-corrected chi connectivity index (χ3v) is 4.63. The van der Waals surface area contributed by atoms with Gasteiger partial charge in [-0.05, 0) is 10.8 Å². The van der Waals surface area contributed by atoms with Gasteiger partial charge in [0.05, 0.1) is 0 Å². The largest absolute Gasteiger partial charge is 0.0616 e. The summed E-state index contributed by atoms with van der Waals surface area (Å²) in [7, 11) is 0. The SMILES string of the molecule is C1=CC[C]([Ni][C]2=CC=CC2)=C1.c1ccc2ccccc2c1. The van der Waals surface area contributed by atoms with Crippen LogP contribution >= 0.6 is 0 Å². The summed E-state index contributed by atoms with van der Waals surface area (Å²) >= 11 is 1.73. The topological polar surface area (TPSA) is 0 Å². The van der Waals surface area contributed by atoms with E-state index in [9.17, 15) is 0 Å². The molecule has 0 aliphatic heterocycles. The van der Waals surface area contributed by atoms with E-state index >= 15 is 0 Å². The van der Waals surface area contributed by atoms with Crippen LogP contribution in [0.3, 0.4) is 0 Å². The zero-order valence-electron chi connectivity index (χ0n) is 11.8. The molecular weight excluding hydrogens is 299 g/mol. The summed E-state index contributed by atoms with van der Waals surface area (Å²) in [5.41, 5.74) is 0. The van der Waals surface area contributed by atoms with E-state index in [1.807, 2.05) is 0 Å². The monoisotopic (exact) mass is 316 g/mol. The van der Waals surface area contributed by atoms with E-state index in [1.54, 1.807) is 14.4 Å². The van der Waals surface area contributed by atoms with E-state index in [0.717, 1.165) is 12.8 Å². The first-order valence-corrected chi connectivity index (χ1v) is 8.14. The zero-order valence-corrected chi connectivity index (χ0v) is 12.8. The Hall–Kier alpha value is -1.85. The van der Waals surface area contributed by atoms with Crippen LogP contribution in [0.4, 0.5) is 0 Å². The quantitative estimate of drug-likeness (QED) is 0.633. The number of hydrogen-bond acceptors (Lipinski definition) is 0. The Morgan fingerprint density at radius 1 is 0.619 bits per heavy atom. The Balaban J connectivity index is 0.000000126. The Labute approximate surface area is 132 Å². The number of allylic oxidation sites excluding steroid dienone is 8. The maximum absolute atomic E-state index is 2.21. The molecule has 0 spiro atoms. The Bertz CT molecular complexity index is 639. The van der Waals surface area contributed by atoms with E-state index in [4.69, 9.17) is 0 Å². The number of fused-ring (bicyclic) bond motifs is 1. The van der Waals surface area contributed by atoms with Crippen molar-refractivity contribution in [3.8, 4) is 0 Å². The third-order valence-electron chi connectivity index (χ3n) is 3.27. The second-order valence-corrected chi connectivity index (χ2v) is 6.35. The van der Waals surface area contributed by atoms with Gasteiger partial charge in [0.15, 0.2) is 0 Å². The molecule has 0 fully saturated rings. The van der Waals surface area contributed by atoms with E-state index in [0.29, 0.717) is 0 Å². The maximum Gasteiger partial charge on any atom is -0.0184 e. The van der Waals surface area contributed by atoms with Gasteiger partial charge in [-0.2, -0.15) is 0 Å². The molecule has 0 amide bonds. The van der Waals surface area contributed by atoms with E-state index < -0.39 is 0 Å². The van der Waals surface area contributed by atoms with E-state index in [2.05, 4.69) is 85.0 Å². The van der Waals surface area contributed by atoms with Crippen LogP contribution in [0.1, 0.15) is 12.8 Å². The fraction of sp³-hybridized carbons (Fsp3) is 0.100. The van der Waals surface area contributed by atoms with Crippen LogP contribution in [0.5, 0.6) is 0 Å². The molecule has 108 valence electrons. The molecular formula is C20H18Ni. The molecule has 0 radical (unpaired) electrons. The molecule has 0 saturated carbocycles. The summed E-state index contributed by atoms with van der Waals surface area (Å²) in [6.07, 6.45) is 15.4. The smallest absolute Gasteiger partial charge is 0.0184 e. The minimum atomic E-state index is 1.14. The molecule has 2 aliphatic carbocycles. The van der Waals surface area contributed by atoms with Gasteiger partial charge in [0.2, 0.25) is 0 Å². The van der Waals surface area contributed by atoms with Crippen molar-refractivity contribution < 1.29 is 14.4 Å². The van der Waals surface area contributed by atoms with Crippen LogP contribution in [0.2, 0.25) is 0 Å². The van der Waals surface area contributed by atoms with E-state index in [-0.39, 0.29) is 0 Å². The van der Waals surface area contributed by atoms with Crippen LogP contribution in [-0.2, 0) is 14.4 Å².